The zero-order valence-electron chi connectivity index (χ0n) is 18.1. The third-order valence-corrected chi connectivity index (χ3v) is 4.96. The Morgan fingerprint density at radius 3 is 2.45 bits per heavy atom. The van der Waals surface area contributed by atoms with Gasteiger partial charge in [0.25, 0.3) is 0 Å². The summed E-state index contributed by atoms with van der Waals surface area (Å²) in [5, 5.41) is 12.6. The molecule has 1 aromatic carbocycles. The lowest BCUT2D eigenvalue weighted by Gasteiger charge is -2.22. The van der Waals surface area contributed by atoms with Crippen LogP contribution in [0.5, 0.6) is 11.5 Å². The van der Waals surface area contributed by atoms with Gasteiger partial charge in [-0.05, 0) is 49.7 Å². The molecule has 0 fully saturated rings. The van der Waals surface area contributed by atoms with Gasteiger partial charge in [-0.15, -0.1) is 13.2 Å². The summed E-state index contributed by atoms with van der Waals surface area (Å²) in [6.07, 6.45) is -1.71. The van der Waals surface area contributed by atoms with E-state index in [-0.39, 0.29) is 12.3 Å². The van der Waals surface area contributed by atoms with Gasteiger partial charge in [-0.2, -0.15) is 0 Å². The highest BCUT2D eigenvalue weighted by atomic mass is 19.4. The number of aliphatic carboxylic acids is 1. The molecule has 0 saturated carbocycles. The Labute approximate surface area is 188 Å². The van der Waals surface area contributed by atoms with Crippen LogP contribution in [0.3, 0.4) is 0 Å². The molecule has 0 unspecified atom stereocenters. The lowest BCUT2D eigenvalue weighted by atomic mass is 9.84. The molecule has 0 saturated heterocycles. The number of benzene rings is 1. The standard InChI is InChI=1S/C23H22F3N3O4/c1-22(2,21(30)31)17-10-18(27-13-19(17)32-3)15-7-8-20(29-12-15)28-11-14-5-4-6-16(9-14)33-23(24,25)26/h4-10,12-13H,11H2,1-3H3,(H,28,29)(H,30,31). The van der Waals surface area contributed by atoms with Crippen LogP contribution in [0, 0.1) is 0 Å². The van der Waals surface area contributed by atoms with E-state index >= 15 is 0 Å². The summed E-state index contributed by atoms with van der Waals surface area (Å²) < 4.78 is 46.4. The van der Waals surface area contributed by atoms with E-state index in [9.17, 15) is 23.1 Å². The van der Waals surface area contributed by atoms with Gasteiger partial charge in [0.1, 0.15) is 17.3 Å². The predicted octanol–water partition coefficient (Wildman–Crippen LogP) is 5.03. The molecule has 0 aliphatic carbocycles. The molecule has 33 heavy (non-hydrogen) atoms. The van der Waals surface area contributed by atoms with Gasteiger partial charge in [-0.3, -0.25) is 9.78 Å². The molecule has 0 bridgehead atoms. The molecule has 2 heterocycles. The van der Waals surface area contributed by atoms with Crippen molar-refractivity contribution in [1.29, 1.82) is 0 Å². The van der Waals surface area contributed by atoms with Crippen LogP contribution in [0.1, 0.15) is 25.0 Å². The molecule has 0 radical (unpaired) electrons. The van der Waals surface area contributed by atoms with Crippen LogP contribution >= 0.6 is 0 Å². The average molecular weight is 461 g/mol. The Balaban J connectivity index is 1.75. The Kier molecular flexibility index (Phi) is 6.75. The fourth-order valence-electron chi connectivity index (χ4n) is 3.06. The van der Waals surface area contributed by atoms with Crippen molar-refractivity contribution in [2.24, 2.45) is 0 Å². The predicted molar refractivity (Wildman–Crippen MR) is 115 cm³/mol. The maximum atomic E-state index is 12.4. The highest BCUT2D eigenvalue weighted by Crippen LogP contribution is 2.34. The summed E-state index contributed by atoms with van der Waals surface area (Å²) in [7, 11) is 1.45. The monoisotopic (exact) mass is 461 g/mol. The summed E-state index contributed by atoms with van der Waals surface area (Å²) in [6.45, 7) is 3.40. The van der Waals surface area contributed by atoms with Gasteiger partial charge in [-0.25, -0.2) is 4.98 Å². The molecule has 0 amide bonds. The van der Waals surface area contributed by atoms with Crippen LogP contribution in [0.4, 0.5) is 19.0 Å². The first-order valence-electron chi connectivity index (χ1n) is 9.82. The highest BCUT2D eigenvalue weighted by molar-refractivity contribution is 5.82. The minimum Gasteiger partial charge on any atom is -0.495 e. The number of methoxy groups -OCH3 is 1. The van der Waals surface area contributed by atoms with Gasteiger partial charge in [0.2, 0.25) is 0 Å². The summed E-state index contributed by atoms with van der Waals surface area (Å²) in [5.41, 5.74) is 1.05. The van der Waals surface area contributed by atoms with Crippen molar-refractivity contribution < 1.29 is 32.5 Å². The van der Waals surface area contributed by atoms with Crippen molar-refractivity contribution in [3.05, 3.63) is 66.0 Å². The average Bonchev–Trinajstić information content (AvgIpc) is 2.76. The minimum atomic E-state index is -4.75. The van der Waals surface area contributed by atoms with Gasteiger partial charge >= 0.3 is 12.3 Å². The van der Waals surface area contributed by atoms with Crippen molar-refractivity contribution in [3.8, 4) is 22.8 Å². The third-order valence-electron chi connectivity index (χ3n) is 4.96. The van der Waals surface area contributed by atoms with Gasteiger partial charge in [0, 0.05) is 23.9 Å². The van der Waals surface area contributed by atoms with E-state index in [2.05, 4.69) is 20.0 Å². The Hall–Kier alpha value is -3.82. The van der Waals surface area contributed by atoms with Crippen molar-refractivity contribution >= 4 is 11.8 Å². The van der Waals surface area contributed by atoms with E-state index in [0.29, 0.717) is 34.0 Å². The Morgan fingerprint density at radius 1 is 1.09 bits per heavy atom. The zero-order valence-corrected chi connectivity index (χ0v) is 18.1. The molecule has 0 spiro atoms. The molecule has 2 aromatic heterocycles. The number of ether oxygens (including phenoxy) is 2. The van der Waals surface area contributed by atoms with Gasteiger partial charge < -0.3 is 19.9 Å². The second-order valence-electron chi connectivity index (χ2n) is 7.68. The number of aromatic nitrogens is 2. The number of carboxylic acids is 1. The summed E-state index contributed by atoms with van der Waals surface area (Å²) in [5.74, 6) is -0.425. The SMILES string of the molecule is COc1cnc(-c2ccc(NCc3cccc(OC(F)(F)F)c3)nc2)cc1C(C)(C)C(=O)O. The molecule has 7 nitrogen and oxygen atoms in total. The molecular weight excluding hydrogens is 439 g/mol. The molecule has 0 aliphatic rings. The second-order valence-corrected chi connectivity index (χ2v) is 7.68. The van der Waals surface area contributed by atoms with Crippen molar-refractivity contribution in [1.82, 2.24) is 9.97 Å². The summed E-state index contributed by atoms with van der Waals surface area (Å²) in [4.78, 5) is 20.3. The number of pyridine rings is 2. The fraction of sp³-hybridized carbons (Fsp3) is 0.261. The second kappa shape index (κ2) is 9.35. The molecular formula is C23H22F3N3O4. The van der Waals surface area contributed by atoms with Crippen LogP contribution in [-0.4, -0.2) is 34.5 Å². The number of carbonyl (C=O) groups is 1. The topological polar surface area (TPSA) is 93.6 Å². The highest BCUT2D eigenvalue weighted by Gasteiger charge is 2.33. The van der Waals surface area contributed by atoms with E-state index in [0.717, 1.165) is 0 Å². The number of hydrogen-bond donors (Lipinski definition) is 2. The van der Waals surface area contributed by atoms with Crippen molar-refractivity contribution in [2.45, 2.75) is 32.2 Å². The number of alkyl halides is 3. The molecule has 3 aromatic rings. The number of nitrogens with one attached hydrogen (secondary N) is 1. The molecule has 0 aliphatic heterocycles. The van der Waals surface area contributed by atoms with E-state index in [1.54, 1.807) is 44.3 Å². The molecule has 2 N–H and O–H groups in total. The molecule has 174 valence electrons. The molecule has 0 atom stereocenters. The molecule has 3 rings (SSSR count). The number of nitrogens with zero attached hydrogens (tertiary/aromatic N) is 2. The Bertz CT molecular complexity index is 1130. The van der Waals surface area contributed by atoms with E-state index < -0.39 is 17.7 Å². The third kappa shape index (κ3) is 5.91. The van der Waals surface area contributed by atoms with Crippen molar-refractivity contribution in [2.75, 3.05) is 12.4 Å². The summed E-state index contributed by atoms with van der Waals surface area (Å²) in [6, 6.07) is 10.8. The number of hydrogen-bond acceptors (Lipinski definition) is 6. The first-order chi connectivity index (χ1) is 15.5. The zero-order chi connectivity index (χ0) is 24.2. The van der Waals surface area contributed by atoms with Crippen LogP contribution in [-0.2, 0) is 16.8 Å². The molecule has 10 heteroatoms. The van der Waals surface area contributed by atoms with Gasteiger partial charge in [0.15, 0.2) is 0 Å². The minimum absolute atomic E-state index is 0.235. The van der Waals surface area contributed by atoms with Gasteiger partial charge in [-0.1, -0.05) is 12.1 Å². The smallest absolute Gasteiger partial charge is 0.495 e. The first kappa shape index (κ1) is 23.8. The van der Waals surface area contributed by atoms with Crippen LogP contribution in [0.25, 0.3) is 11.3 Å². The number of halogens is 3. The lowest BCUT2D eigenvalue weighted by Crippen LogP contribution is -2.29. The van der Waals surface area contributed by atoms with E-state index in [4.69, 9.17) is 4.74 Å². The quantitative estimate of drug-likeness (QED) is 0.486. The summed E-state index contributed by atoms with van der Waals surface area (Å²) >= 11 is 0. The first-order valence-corrected chi connectivity index (χ1v) is 9.82. The van der Waals surface area contributed by atoms with Crippen molar-refractivity contribution in [3.63, 3.8) is 0 Å². The largest absolute Gasteiger partial charge is 0.573 e. The number of carboxylic acid groups (broad SMARTS) is 1. The maximum Gasteiger partial charge on any atom is 0.573 e. The fourth-order valence-corrected chi connectivity index (χ4v) is 3.06. The number of anilines is 1. The normalized spacial score (nSPS) is 11.7. The van der Waals surface area contributed by atoms with Crippen LogP contribution < -0.4 is 14.8 Å². The van der Waals surface area contributed by atoms with Gasteiger partial charge in [0.05, 0.1) is 24.4 Å². The van der Waals surface area contributed by atoms with E-state index in [1.165, 1.54) is 31.5 Å². The van der Waals surface area contributed by atoms with Crippen LogP contribution in [0.2, 0.25) is 0 Å². The van der Waals surface area contributed by atoms with Crippen LogP contribution in [0.15, 0.2) is 54.9 Å². The number of rotatable bonds is 8. The lowest BCUT2D eigenvalue weighted by molar-refractivity contribution is -0.274. The maximum absolute atomic E-state index is 12.4. The Morgan fingerprint density at radius 2 is 1.85 bits per heavy atom. The van der Waals surface area contributed by atoms with E-state index in [1.807, 2.05) is 0 Å².